The molecule has 1 aromatic carbocycles. The van der Waals surface area contributed by atoms with Crippen LogP contribution in [0.1, 0.15) is 38.1 Å². The van der Waals surface area contributed by atoms with Crippen molar-refractivity contribution in [1.29, 1.82) is 0 Å². The number of nitrogens with one attached hydrogen (secondary N) is 1. The molecule has 4 nitrogen and oxygen atoms in total. The van der Waals surface area contributed by atoms with Gasteiger partial charge in [0, 0.05) is 5.56 Å². The number of carbonyl (C=O) groups is 1. The normalized spacial score (nSPS) is 12.3. The van der Waals surface area contributed by atoms with Crippen molar-refractivity contribution < 1.29 is 14.3 Å². The lowest BCUT2D eigenvalue weighted by Crippen LogP contribution is -2.57. The van der Waals surface area contributed by atoms with E-state index < -0.39 is 22.9 Å². The average molecular weight is 254 g/mol. The van der Waals surface area contributed by atoms with E-state index in [-0.39, 0.29) is 11.3 Å². The zero-order valence-electron chi connectivity index (χ0n) is 11.0. The van der Waals surface area contributed by atoms with E-state index in [0.717, 1.165) is 6.07 Å². The number of nitrogen functional groups attached to an aromatic ring is 1. The van der Waals surface area contributed by atoms with Gasteiger partial charge in [0.15, 0.2) is 0 Å². The molecule has 0 aliphatic heterocycles. The van der Waals surface area contributed by atoms with E-state index in [0.29, 0.717) is 0 Å². The number of aliphatic hydroxyl groups is 1. The molecule has 100 valence electrons. The maximum Gasteiger partial charge on any atom is 0.251 e. The van der Waals surface area contributed by atoms with E-state index in [1.165, 1.54) is 12.1 Å². The van der Waals surface area contributed by atoms with Crippen molar-refractivity contribution in [1.82, 2.24) is 5.32 Å². The summed E-state index contributed by atoms with van der Waals surface area (Å²) in [4.78, 5) is 11.9. The summed E-state index contributed by atoms with van der Waals surface area (Å²) >= 11 is 0. The number of benzene rings is 1. The fourth-order valence-electron chi connectivity index (χ4n) is 1.18. The molecule has 4 N–H and O–H groups in total. The largest absolute Gasteiger partial charge is 0.396 e. The van der Waals surface area contributed by atoms with Gasteiger partial charge < -0.3 is 16.2 Å². The third-order valence-electron chi connectivity index (χ3n) is 3.22. The number of carbonyl (C=O) groups excluding carboxylic acids is 1. The number of halogens is 1. The first kappa shape index (κ1) is 14.4. The molecule has 0 radical (unpaired) electrons. The van der Waals surface area contributed by atoms with Crippen molar-refractivity contribution in [3.05, 3.63) is 29.6 Å². The number of hydrogen-bond acceptors (Lipinski definition) is 3. The topological polar surface area (TPSA) is 75.3 Å². The predicted octanol–water partition coefficient (Wildman–Crippen LogP) is 1.69. The second kappa shape index (κ2) is 4.57. The molecule has 0 bridgehead atoms. The standard InChI is InChI=1S/C13H19FN2O2/c1-12(2,13(3,4)18)16-11(17)8-5-6-10(15)9(14)7-8/h5-7,18H,15H2,1-4H3,(H,16,17). The molecule has 0 aliphatic rings. The Kier molecular flexibility index (Phi) is 3.67. The van der Waals surface area contributed by atoms with Crippen molar-refractivity contribution in [2.75, 3.05) is 5.73 Å². The Morgan fingerprint density at radius 1 is 1.33 bits per heavy atom. The molecule has 0 atom stereocenters. The monoisotopic (exact) mass is 254 g/mol. The predicted molar refractivity (Wildman–Crippen MR) is 68.7 cm³/mol. The van der Waals surface area contributed by atoms with Crippen LogP contribution >= 0.6 is 0 Å². The molecule has 0 saturated carbocycles. The van der Waals surface area contributed by atoms with Crippen LogP contribution in [0.4, 0.5) is 10.1 Å². The summed E-state index contributed by atoms with van der Waals surface area (Å²) < 4.78 is 13.3. The molecule has 1 aromatic rings. The average Bonchev–Trinajstić information content (AvgIpc) is 2.19. The minimum atomic E-state index is -1.10. The molecular weight excluding hydrogens is 235 g/mol. The zero-order chi connectivity index (χ0) is 14.1. The first-order chi connectivity index (χ1) is 8.04. The first-order valence-electron chi connectivity index (χ1n) is 5.64. The molecule has 0 spiro atoms. The highest BCUT2D eigenvalue weighted by Crippen LogP contribution is 2.21. The van der Waals surface area contributed by atoms with Crippen molar-refractivity contribution in [2.45, 2.75) is 38.8 Å². The molecule has 0 fully saturated rings. The number of amides is 1. The molecule has 0 heterocycles. The van der Waals surface area contributed by atoms with Crippen molar-refractivity contribution in [3.8, 4) is 0 Å². The van der Waals surface area contributed by atoms with E-state index >= 15 is 0 Å². The number of nitrogens with two attached hydrogens (primary N) is 1. The highest BCUT2D eigenvalue weighted by molar-refractivity contribution is 5.95. The van der Waals surface area contributed by atoms with Gasteiger partial charge in [-0.25, -0.2) is 4.39 Å². The van der Waals surface area contributed by atoms with E-state index in [2.05, 4.69) is 5.32 Å². The van der Waals surface area contributed by atoms with Crippen molar-refractivity contribution >= 4 is 11.6 Å². The Bertz CT molecular complexity index is 465. The molecule has 0 aromatic heterocycles. The van der Waals surface area contributed by atoms with Crippen LogP contribution in [-0.2, 0) is 0 Å². The Hall–Kier alpha value is -1.62. The molecular formula is C13H19FN2O2. The van der Waals surface area contributed by atoms with Crippen LogP contribution in [0, 0.1) is 5.82 Å². The van der Waals surface area contributed by atoms with Gasteiger partial charge in [-0.3, -0.25) is 4.79 Å². The summed E-state index contributed by atoms with van der Waals surface area (Å²) in [5.74, 6) is -1.09. The third-order valence-corrected chi connectivity index (χ3v) is 3.22. The van der Waals surface area contributed by atoms with Gasteiger partial charge in [0.25, 0.3) is 5.91 Å². The van der Waals surface area contributed by atoms with Crippen LogP contribution < -0.4 is 11.1 Å². The SMILES string of the molecule is CC(C)(O)C(C)(C)NC(=O)c1ccc(N)c(F)c1. The minimum absolute atomic E-state index is 0.00621. The van der Waals surface area contributed by atoms with Crippen LogP contribution in [0.2, 0.25) is 0 Å². The fourth-order valence-corrected chi connectivity index (χ4v) is 1.18. The first-order valence-corrected chi connectivity index (χ1v) is 5.64. The lowest BCUT2D eigenvalue weighted by molar-refractivity contribution is -0.00293. The smallest absolute Gasteiger partial charge is 0.251 e. The number of rotatable bonds is 3. The number of anilines is 1. The summed E-state index contributed by atoms with van der Waals surface area (Å²) in [6.45, 7) is 6.57. The van der Waals surface area contributed by atoms with E-state index in [1.807, 2.05) is 0 Å². The van der Waals surface area contributed by atoms with Crippen LogP contribution in [0.3, 0.4) is 0 Å². The van der Waals surface area contributed by atoms with Gasteiger partial charge in [-0.05, 0) is 45.9 Å². The molecule has 0 aliphatic carbocycles. The Morgan fingerprint density at radius 3 is 2.33 bits per heavy atom. The van der Waals surface area contributed by atoms with Crippen LogP contribution in [0.5, 0.6) is 0 Å². The molecule has 1 amide bonds. The van der Waals surface area contributed by atoms with Crippen molar-refractivity contribution in [3.63, 3.8) is 0 Å². The highest BCUT2D eigenvalue weighted by Gasteiger charge is 2.36. The van der Waals surface area contributed by atoms with E-state index in [1.54, 1.807) is 27.7 Å². The lowest BCUT2D eigenvalue weighted by atomic mass is 9.85. The second-order valence-electron chi connectivity index (χ2n) is 5.37. The van der Waals surface area contributed by atoms with E-state index in [4.69, 9.17) is 5.73 Å². The maximum atomic E-state index is 13.3. The maximum absolute atomic E-state index is 13.3. The van der Waals surface area contributed by atoms with Gasteiger partial charge in [-0.2, -0.15) is 0 Å². The summed E-state index contributed by atoms with van der Waals surface area (Å²) in [5, 5.41) is 12.6. The summed E-state index contributed by atoms with van der Waals surface area (Å²) in [7, 11) is 0. The second-order valence-corrected chi connectivity index (χ2v) is 5.37. The van der Waals surface area contributed by atoms with Gasteiger partial charge in [-0.15, -0.1) is 0 Å². The summed E-state index contributed by atoms with van der Waals surface area (Å²) in [6, 6.07) is 3.85. The number of hydrogen-bond donors (Lipinski definition) is 3. The van der Waals surface area contributed by atoms with Gasteiger partial charge in [0.05, 0.1) is 16.8 Å². The zero-order valence-corrected chi connectivity index (χ0v) is 11.0. The Balaban J connectivity index is 2.93. The van der Waals surface area contributed by atoms with E-state index in [9.17, 15) is 14.3 Å². The molecule has 1 rings (SSSR count). The van der Waals surface area contributed by atoms with Crippen LogP contribution in [-0.4, -0.2) is 22.2 Å². The Morgan fingerprint density at radius 2 is 1.89 bits per heavy atom. The summed E-state index contributed by atoms with van der Waals surface area (Å²) in [5.41, 5.74) is 3.55. The minimum Gasteiger partial charge on any atom is -0.396 e. The molecule has 5 heteroatoms. The summed E-state index contributed by atoms with van der Waals surface area (Å²) in [6.07, 6.45) is 0. The fraction of sp³-hybridized carbons (Fsp3) is 0.462. The Labute approximate surface area is 106 Å². The van der Waals surface area contributed by atoms with Gasteiger partial charge >= 0.3 is 0 Å². The van der Waals surface area contributed by atoms with Gasteiger partial charge in [0.2, 0.25) is 0 Å². The van der Waals surface area contributed by atoms with Crippen molar-refractivity contribution in [2.24, 2.45) is 0 Å². The van der Waals surface area contributed by atoms with Gasteiger partial charge in [0.1, 0.15) is 5.82 Å². The third kappa shape index (κ3) is 2.98. The van der Waals surface area contributed by atoms with Crippen LogP contribution in [0.15, 0.2) is 18.2 Å². The molecule has 0 saturated heterocycles. The molecule has 0 unspecified atom stereocenters. The van der Waals surface area contributed by atoms with Crippen LogP contribution in [0.25, 0.3) is 0 Å². The quantitative estimate of drug-likeness (QED) is 0.718. The van der Waals surface area contributed by atoms with Gasteiger partial charge in [-0.1, -0.05) is 0 Å². The highest BCUT2D eigenvalue weighted by atomic mass is 19.1. The molecule has 18 heavy (non-hydrogen) atoms. The lowest BCUT2D eigenvalue weighted by Gasteiger charge is -2.38.